The Labute approximate surface area is 129 Å². The predicted molar refractivity (Wildman–Crippen MR) is 81.0 cm³/mol. The van der Waals surface area contributed by atoms with Gasteiger partial charge in [-0.15, -0.1) is 0 Å². The maximum atomic E-state index is 10.7. The first-order valence-corrected chi connectivity index (χ1v) is 6.72. The van der Waals surface area contributed by atoms with E-state index >= 15 is 0 Å². The second kappa shape index (κ2) is 10.6. The maximum Gasteiger partial charge on any atom is 0.333 e. The van der Waals surface area contributed by atoms with Gasteiger partial charge in [-0.05, 0) is 19.8 Å². The average molecular weight is 316 g/mol. The maximum absolute atomic E-state index is 10.7. The van der Waals surface area contributed by atoms with E-state index in [2.05, 4.69) is 11.6 Å². The first kappa shape index (κ1) is 19.9. The van der Waals surface area contributed by atoms with Gasteiger partial charge in [-0.1, -0.05) is 6.58 Å². The first-order valence-electron chi connectivity index (χ1n) is 6.72. The second-order valence-corrected chi connectivity index (χ2v) is 4.73. The number of aliphatic carboxylic acids is 1. The number of esters is 1. The summed E-state index contributed by atoms with van der Waals surface area (Å²) in [5, 5.41) is 8.38. The standard InChI is InChI=1S/C7H10O3.C6H14N4O2/c1-5(2)7(8)10-4-6-3-9-6;7-4(5(11)12)2-1-3-10-6(8)9/h6H,1,3-4H2,2H3;4H,1-3,7H2,(H,11,12)(H4,8,9,10). The number of nitrogens with two attached hydrogens (primary N) is 3. The highest BCUT2D eigenvalue weighted by Crippen LogP contribution is 2.09. The van der Waals surface area contributed by atoms with E-state index in [0.717, 1.165) is 0 Å². The Balaban J connectivity index is 0.000000406. The molecule has 22 heavy (non-hydrogen) atoms. The molecule has 1 aliphatic rings. The molecular formula is C13H24N4O5. The van der Waals surface area contributed by atoms with Crippen LogP contribution in [-0.4, -0.2) is 54.9 Å². The summed E-state index contributed by atoms with van der Waals surface area (Å²) in [5.41, 5.74) is 15.8. The molecule has 0 aromatic heterocycles. The number of aliphatic imine (C=N–C) groups is 1. The zero-order valence-corrected chi connectivity index (χ0v) is 12.7. The molecule has 0 radical (unpaired) electrons. The summed E-state index contributed by atoms with van der Waals surface area (Å²) in [4.78, 5) is 24.6. The number of ether oxygens (including phenoxy) is 2. The van der Waals surface area contributed by atoms with Gasteiger partial charge in [-0.2, -0.15) is 0 Å². The Morgan fingerprint density at radius 3 is 2.50 bits per heavy atom. The van der Waals surface area contributed by atoms with E-state index in [9.17, 15) is 9.59 Å². The number of hydrogen-bond donors (Lipinski definition) is 4. The lowest BCUT2D eigenvalue weighted by Gasteiger charge is -2.03. The molecular weight excluding hydrogens is 292 g/mol. The summed E-state index contributed by atoms with van der Waals surface area (Å²) in [5.74, 6) is -1.32. The number of nitrogens with zero attached hydrogens (tertiary/aromatic N) is 1. The van der Waals surface area contributed by atoms with Crippen molar-refractivity contribution in [3.63, 3.8) is 0 Å². The largest absolute Gasteiger partial charge is 0.480 e. The Morgan fingerprint density at radius 1 is 1.50 bits per heavy atom. The Hall–Kier alpha value is -2.13. The number of carbonyl (C=O) groups excluding carboxylic acids is 1. The van der Waals surface area contributed by atoms with Gasteiger partial charge in [0.15, 0.2) is 5.96 Å². The third-order valence-corrected chi connectivity index (χ3v) is 2.44. The summed E-state index contributed by atoms with van der Waals surface area (Å²) >= 11 is 0. The zero-order chi connectivity index (χ0) is 17.1. The van der Waals surface area contributed by atoms with Crippen LogP contribution in [0.3, 0.4) is 0 Å². The van der Waals surface area contributed by atoms with Gasteiger partial charge in [0.2, 0.25) is 0 Å². The van der Waals surface area contributed by atoms with Crippen LogP contribution in [0, 0.1) is 0 Å². The number of guanidine groups is 1. The van der Waals surface area contributed by atoms with Gasteiger partial charge in [-0.3, -0.25) is 9.79 Å². The third-order valence-electron chi connectivity index (χ3n) is 2.44. The molecule has 7 N–H and O–H groups in total. The topological polar surface area (TPSA) is 167 Å². The van der Waals surface area contributed by atoms with Crippen LogP contribution in [0.4, 0.5) is 0 Å². The van der Waals surface area contributed by atoms with Crippen LogP contribution in [0.2, 0.25) is 0 Å². The van der Waals surface area contributed by atoms with Crippen molar-refractivity contribution < 1.29 is 24.2 Å². The van der Waals surface area contributed by atoms with Crippen molar-refractivity contribution in [3.05, 3.63) is 12.2 Å². The van der Waals surface area contributed by atoms with E-state index in [-0.39, 0.29) is 18.0 Å². The highest BCUT2D eigenvalue weighted by Gasteiger charge is 2.24. The SMILES string of the molecule is C=C(C)C(=O)OCC1CO1.NC(N)=NCCCC(N)C(=O)O. The van der Waals surface area contributed by atoms with E-state index in [1.165, 1.54) is 0 Å². The molecule has 2 unspecified atom stereocenters. The monoisotopic (exact) mass is 316 g/mol. The molecule has 1 fully saturated rings. The quantitative estimate of drug-likeness (QED) is 0.110. The van der Waals surface area contributed by atoms with Crippen molar-refractivity contribution in [3.8, 4) is 0 Å². The number of hydrogen-bond acceptors (Lipinski definition) is 6. The van der Waals surface area contributed by atoms with Gasteiger partial charge in [0.25, 0.3) is 0 Å². The van der Waals surface area contributed by atoms with E-state index in [1.807, 2.05) is 0 Å². The van der Waals surface area contributed by atoms with E-state index < -0.39 is 12.0 Å². The Morgan fingerprint density at radius 2 is 2.09 bits per heavy atom. The Bertz CT molecular complexity index is 417. The van der Waals surface area contributed by atoms with E-state index in [4.69, 9.17) is 31.8 Å². The van der Waals surface area contributed by atoms with Crippen molar-refractivity contribution in [1.82, 2.24) is 0 Å². The van der Waals surface area contributed by atoms with Crippen LogP contribution in [-0.2, 0) is 19.1 Å². The number of rotatable bonds is 8. The minimum absolute atomic E-state index is 0.0129. The lowest BCUT2D eigenvalue weighted by Crippen LogP contribution is -2.30. The van der Waals surface area contributed by atoms with E-state index in [0.29, 0.717) is 38.2 Å². The van der Waals surface area contributed by atoms with Crippen molar-refractivity contribution in [2.75, 3.05) is 19.8 Å². The lowest BCUT2D eigenvalue weighted by atomic mass is 10.2. The zero-order valence-electron chi connectivity index (χ0n) is 12.7. The Kier molecular flexibility index (Phi) is 9.55. The molecule has 9 nitrogen and oxygen atoms in total. The summed E-state index contributed by atoms with van der Waals surface area (Å²) in [7, 11) is 0. The van der Waals surface area contributed by atoms with Gasteiger partial charge in [0, 0.05) is 12.1 Å². The van der Waals surface area contributed by atoms with Crippen LogP contribution in [0.1, 0.15) is 19.8 Å². The molecule has 126 valence electrons. The van der Waals surface area contributed by atoms with Crippen molar-refractivity contribution in [2.45, 2.75) is 31.9 Å². The summed E-state index contributed by atoms with van der Waals surface area (Å²) in [6, 6.07) is -0.820. The lowest BCUT2D eigenvalue weighted by molar-refractivity contribution is -0.140. The minimum Gasteiger partial charge on any atom is -0.480 e. The van der Waals surface area contributed by atoms with Crippen LogP contribution < -0.4 is 17.2 Å². The smallest absolute Gasteiger partial charge is 0.333 e. The molecule has 0 aromatic carbocycles. The number of carboxylic acid groups (broad SMARTS) is 1. The summed E-state index contributed by atoms with van der Waals surface area (Å²) in [6.07, 6.45) is 1.10. The second-order valence-electron chi connectivity index (χ2n) is 4.73. The molecule has 1 aliphatic heterocycles. The number of carboxylic acids is 1. The van der Waals surface area contributed by atoms with Crippen molar-refractivity contribution in [1.29, 1.82) is 0 Å². The van der Waals surface area contributed by atoms with Crippen LogP contribution in [0.5, 0.6) is 0 Å². The molecule has 0 spiro atoms. The van der Waals surface area contributed by atoms with Gasteiger partial charge < -0.3 is 31.8 Å². The highest BCUT2D eigenvalue weighted by atomic mass is 16.6. The molecule has 0 saturated carbocycles. The molecule has 0 aromatic rings. The fourth-order valence-corrected chi connectivity index (χ4v) is 1.10. The fraction of sp³-hybridized carbons (Fsp3) is 0.615. The minimum atomic E-state index is -1.00. The van der Waals surface area contributed by atoms with Gasteiger partial charge >= 0.3 is 11.9 Å². The van der Waals surface area contributed by atoms with Crippen LogP contribution in [0.25, 0.3) is 0 Å². The van der Waals surface area contributed by atoms with Crippen molar-refractivity contribution in [2.24, 2.45) is 22.2 Å². The average Bonchev–Trinajstić information content (AvgIpc) is 3.25. The van der Waals surface area contributed by atoms with Gasteiger partial charge in [0.1, 0.15) is 18.8 Å². The highest BCUT2D eigenvalue weighted by molar-refractivity contribution is 5.86. The number of carbonyl (C=O) groups is 2. The summed E-state index contributed by atoms with van der Waals surface area (Å²) in [6.45, 7) is 6.56. The third kappa shape index (κ3) is 11.7. The molecule has 9 heteroatoms. The number of epoxide rings is 1. The summed E-state index contributed by atoms with van der Waals surface area (Å²) < 4.78 is 9.60. The normalized spacial score (nSPS) is 16.5. The van der Waals surface area contributed by atoms with Crippen LogP contribution in [0.15, 0.2) is 17.1 Å². The van der Waals surface area contributed by atoms with Gasteiger partial charge in [0.05, 0.1) is 6.61 Å². The van der Waals surface area contributed by atoms with Crippen LogP contribution >= 0.6 is 0 Å². The molecule has 0 amide bonds. The van der Waals surface area contributed by atoms with Gasteiger partial charge in [-0.25, -0.2) is 4.79 Å². The van der Waals surface area contributed by atoms with E-state index in [1.54, 1.807) is 6.92 Å². The first-order chi connectivity index (χ1) is 10.2. The molecule has 1 rings (SSSR count). The molecule has 2 atom stereocenters. The molecule has 0 bridgehead atoms. The van der Waals surface area contributed by atoms with Crippen molar-refractivity contribution >= 4 is 17.9 Å². The fourth-order valence-electron chi connectivity index (χ4n) is 1.10. The predicted octanol–water partition coefficient (Wildman–Crippen LogP) is -1.04. The molecule has 0 aliphatic carbocycles. The molecule has 1 saturated heterocycles. The molecule has 1 heterocycles.